The Morgan fingerprint density at radius 3 is 2.21 bits per heavy atom. The van der Waals surface area contributed by atoms with Crippen molar-refractivity contribution in [1.82, 2.24) is 5.43 Å². The Hall–Kier alpha value is -4.72. The number of benzene rings is 5. The fraction of sp³-hybridized carbons (Fsp3) is 0. The predicted octanol–water partition coefficient (Wildman–Crippen LogP) is 6.61. The molecule has 2 N–H and O–H groups in total. The first kappa shape index (κ1) is 25.9. The van der Waals surface area contributed by atoms with Gasteiger partial charge in [-0.05, 0) is 46.5 Å². The number of halogens is 2. The zero-order valence-corrected chi connectivity index (χ0v) is 21.7. The molecule has 0 aromatic heterocycles. The number of amides is 2. The standard InChI is InChI=1S/C30H19Cl2N3O4/c31-20-13-14-23(25(32)16-20)30(38)39-27-15-12-19-7-1-3-9-21(19)24(27)17-33-35-29(37)28(36)34-26-11-5-8-18-6-2-4-10-22(18)26/h1-17H,(H,34,36)(H,35,37)/b33-17-. The van der Waals surface area contributed by atoms with Gasteiger partial charge in [0.1, 0.15) is 5.75 Å². The Bertz CT molecular complexity index is 1780. The summed E-state index contributed by atoms with van der Waals surface area (Å²) in [5, 5.41) is 10.4. The monoisotopic (exact) mass is 555 g/mol. The van der Waals surface area contributed by atoms with Crippen LogP contribution in [-0.4, -0.2) is 24.0 Å². The Morgan fingerprint density at radius 1 is 0.744 bits per heavy atom. The van der Waals surface area contributed by atoms with Gasteiger partial charge in [0.25, 0.3) is 0 Å². The minimum absolute atomic E-state index is 0.135. The molecule has 5 aromatic carbocycles. The molecule has 0 aliphatic carbocycles. The maximum absolute atomic E-state index is 12.9. The highest BCUT2D eigenvalue weighted by atomic mass is 35.5. The maximum atomic E-state index is 12.9. The normalized spacial score (nSPS) is 11.0. The van der Waals surface area contributed by atoms with Gasteiger partial charge < -0.3 is 10.1 Å². The molecule has 5 rings (SSSR count). The molecule has 39 heavy (non-hydrogen) atoms. The summed E-state index contributed by atoms with van der Waals surface area (Å²) < 4.78 is 5.64. The predicted molar refractivity (Wildman–Crippen MR) is 154 cm³/mol. The molecule has 0 aliphatic rings. The van der Waals surface area contributed by atoms with E-state index in [0.29, 0.717) is 21.7 Å². The summed E-state index contributed by atoms with van der Waals surface area (Å²) >= 11 is 12.1. The average molecular weight is 556 g/mol. The van der Waals surface area contributed by atoms with Crippen LogP contribution in [0.5, 0.6) is 5.75 Å². The maximum Gasteiger partial charge on any atom is 0.345 e. The van der Waals surface area contributed by atoms with E-state index in [9.17, 15) is 14.4 Å². The number of nitrogens with one attached hydrogen (secondary N) is 2. The molecule has 0 aliphatic heterocycles. The van der Waals surface area contributed by atoms with Crippen LogP contribution in [0.1, 0.15) is 15.9 Å². The van der Waals surface area contributed by atoms with E-state index in [1.165, 1.54) is 24.4 Å². The van der Waals surface area contributed by atoms with Gasteiger partial charge in [-0.3, -0.25) is 9.59 Å². The molecule has 192 valence electrons. The molecule has 0 saturated heterocycles. The highest BCUT2D eigenvalue weighted by Crippen LogP contribution is 2.29. The van der Waals surface area contributed by atoms with Gasteiger partial charge in [-0.1, -0.05) is 89.9 Å². The molecule has 0 saturated carbocycles. The van der Waals surface area contributed by atoms with Crippen LogP contribution in [0.25, 0.3) is 21.5 Å². The fourth-order valence-corrected chi connectivity index (χ4v) is 4.51. The average Bonchev–Trinajstić information content (AvgIpc) is 2.94. The largest absolute Gasteiger partial charge is 0.422 e. The number of nitrogens with zero attached hydrogens (tertiary/aromatic N) is 1. The van der Waals surface area contributed by atoms with Gasteiger partial charge in [-0.2, -0.15) is 5.10 Å². The van der Waals surface area contributed by atoms with Gasteiger partial charge in [0.05, 0.1) is 16.8 Å². The fourth-order valence-electron chi connectivity index (χ4n) is 4.03. The number of hydrazone groups is 1. The van der Waals surface area contributed by atoms with Gasteiger partial charge in [0.2, 0.25) is 0 Å². The van der Waals surface area contributed by atoms with E-state index in [-0.39, 0.29) is 16.3 Å². The van der Waals surface area contributed by atoms with Gasteiger partial charge in [0.15, 0.2) is 0 Å². The van der Waals surface area contributed by atoms with E-state index in [1.807, 2.05) is 54.6 Å². The second kappa shape index (κ2) is 11.3. The molecule has 0 atom stereocenters. The Kier molecular flexibility index (Phi) is 7.54. The molecule has 7 nitrogen and oxygen atoms in total. The summed E-state index contributed by atoms with van der Waals surface area (Å²) in [6, 6.07) is 28.1. The lowest BCUT2D eigenvalue weighted by Crippen LogP contribution is -2.32. The van der Waals surface area contributed by atoms with Gasteiger partial charge in [-0.25, -0.2) is 10.2 Å². The van der Waals surface area contributed by atoms with Crippen LogP contribution in [-0.2, 0) is 9.59 Å². The Balaban J connectivity index is 1.36. The number of rotatable bonds is 5. The van der Waals surface area contributed by atoms with E-state index >= 15 is 0 Å². The van der Waals surface area contributed by atoms with Crippen molar-refractivity contribution < 1.29 is 19.1 Å². The number of hydrogen-bond acceptors (Lipinski definition) is 5. The van der Waals surface area contributed by atoms with Crippen LogP contribution in [0.3, 0.4) is 0 Å². The smallest absolute Gasteiger partial charge is 0.345 e. The number of ether oxygens (including phenoxy) is 1. The first-order chi connectivity index (χ1) is 18.9. The third-order valence-electron chi connectivity index (χ3n) is 5.89. The number of fused-ring (bicyclic) bond motifs is 2. The summed E-state index contributed by atoms with van der Waals surface area (Å²) in [6.07, 6.45) is 1.32. The second-order valence-corrected chi connectivity index (χ2v) is 9.24. The van der Waals surface area contributed by atoms with Crippen LogP contribution in [0, 0.1) is 0 Å². The molecule has 0 heterocycles. The Morgan fingerprint density at radius 2 is 1.44 bits per heavy atom. The summed E-state index contributed by atoms with van der Waals surface area (Å²) in [4.78, 5) is 37.9. The van der Waals surface area contributed by atoms with E-state index in [2.05, 4.69) is 15.8 Å². The highest BCUT2D eigenvalue weighted by molar-refractivity contribution is 6.40. The molecule has 0 bridgehead atoms. The number of carbonyl (C=O) groups is 3. The first-order valence-electron chi connectivity index (χ1n) is 11.7. The number of hydrogen-bond donors (Lipinski definition) is 2. The second-order valence-electron chi connectivity index (χ2n) is 8.39. The van der Waals surface area contributed by atoms with E-state index in [4.69, 9.17) is 27.9 Å². The molecule has 0 unspecified atom stereocenters. The van der Waals surface area contributed by atoms with Crippen molar-refractivity contribution in [3.63, 3.8) is 0 Å². The summed E-state index contributed by atoms with van der Waals surface area (Å²) in [6.45, 7) is 0. The number of esters is 1. The molecule has 9 heteroatoms. The Labute approximate surface area is 233 Å². The van der Waals surface area contributed by atoms with Gasteiger partial charge in [-0.15, -0.1) is 0 Å². The summed E-state index contributed by atoms with van der Waals surface area (Å²) in [5.41, 5.74) is 3.29. The van der Waals surface area contributed by atoms with Crippen molar-refractivity contribution in [2.24, 2.45) is 5.10 Å². The first-order valence-corrected chi connectivity index (χ1v) is 12.5. The van der Waals surface area contributed by atoms with E-state index in [1.54, 1.807) is 24.3 Å². The van der Waals surface area contributed by atoms with Crippen LogP contribution in [0.15, 0.2) is 102 Å². The van der Waals surface area contributed by atoms with Crippen molar-refractivity contribution in [3.8, 4) is 5.75 Å². The van der Waals surface area contributed by atoms with Crippen molar-refractivity contribution in [2.75, 3.05) is 5.32 Å². The topological polar surface area (TPSA) is 96.9 Å². The van der Waals surface area contributed by atoms with Crippen molar-refractivity contribution in [3.05, 3.63) is 118 Å². The molecule has 2 amide bonds. The molecule has 5 aromatic rings. The van der Waals surface area contributed by atoms with E-state index < -0.39 is 17.8 Å². The lowest BCUT2D eigenvalue weighted by Gasteiger charge is -2.11. The zero-order valence-electron chi connectivity index (χ0n) is 20.2. The van der Waals surface area contributed by atoms with Crippen LogP contribution < -0.4 is 15.5 Å². The zero-order chi connectivity index (χ0) is 27.4. The lowest BCUT2D eigenvalue weighted by atomic mass is 10.0. The number of anilines is 1. The molecular weight excluding hydrogens is 537 g/mol. The quantitative estimate of drug-likeness (QED) is 0.0838. The summed E-state index contributed by atoms with van der Waals surface area (Å²) in [7, 11) is 0. The van der Waals surface area contributed by atoms with Gasteiger partial charge >= 0.3 is 17.8 Å². The third kappa shape index (κ3) is 5.75. The van der Waals surface area contributed by atoms with Crippen molar-refractivity contribution in [2.45, 2.75) is 0 Å². The minimum Gasteiger partial charge on any atom is -0.422 e. The van der Waals surface area contributed by atoms with Crippen LogP contribution in [0.4, 0.5) is 5.69 Å². The van der Waals surface area contributed by atoms with E-state index in [0.717, 1.165) is 16.2 Å². The van der Waals surface area contributed by atoms with Crippen LogP contribution in [0.2, 0.25) is 10.0 Å². The lowest BCUT2D eigenvalue weighted by molar-refractivity contribution is -0.136. The SMILES string of the molecule is O=C(N/N=C\c1c(OC(=O)c2ccc(Cl)cc2Cl)ccc2ccccc12)C(=O)Nc1cccc2ccccc12. The molecule has 0 spiro atoms. The van der Waals surface area contributed by atoms with Crippen molar-refractivity contribution in [1.29, 1.82) is 0 Å². The third-order valence-corrected chi connectivity index (χ3v) is 6.44. The van der Waals surface area contributed by atoms with Gasteiger partial charge in [0, 0.05) is 21.7 Å². The van der Waals surface area contributed by atoms with Crippen molar-refractivity contribution >= 4 is 74.4 Å². The van der Waals surface area contributed by atoms with Crippen LogP contribution >= 0.6 is 23.2 Å². The molecule has 0 fully saturated rings. The number of carbonyl (C=O) groups excluding carboxylic acids is 3. The molecule has 0 radical (unpaired) electrons. The highest BCUT2D eigenvalue weighted by Gasteiger charge is 2.17. The molecular formula is C30H19Cl2N3O4. The minimum atomic E-state index is -0.967. The summed E-state index contributed by atoms with van der Waals surface area (Å²) in [5.74, 6) is -2.36.